The summed E-state index contributed by atoms with van der Waals surface area (Å²) < 4.78 is 11.5. The maximum absolute atomic E-state index is 6.17. The van der Waals surface area contributed by atoms with Gasteiger partial charge in [0, 0.05) is 12.5 Å². The third kappa shape index (κ3) is 2.26. The first kappa shape index (κ1) is 11.7. The fraction of sp³-hybridized carbons (Fsp3) is 0.500. The zero-order valence-corrected chi connectivity index (χ0v) is 10.5. The zero-order valence-electron chi connectivity index (χ0n) is 10.5. The van der Waals surface area contributed by atoms with Crippen molar-refractivity contribution in [3.63, 3.8) is 0 Å². The molecule has 0 spiro atoms. The number of hydrogen-bond acceptors (Lipinski definition) is 4. The van der Waals surface area contributed by atoms with Crippen molar-refractivity contribution in [2.45, 2.75) is 44.4 Å². The van der Waals surface area contributed by atoms with Gasteiger partial charge in [0.2, 0.25) is 0 Å². The average molecular weight is 246 g/mol. The van der Waals surface area contributed by atoms with Crippen LogP contribution in [0.1, 0.15) is 25.7 Å². The molecule has 1 aliphatic rings. The van der Waals surface area contributed by atoms with Crippen molar-refractivity contribution in [2.24, 2.45) is 5.73 Å². The van der Waals surface area contributed by atoms with Crippen molar-refractivity contribution in [3.05, 3.63) is 30.2 Å². The first-order valence-corrected chi connectivity index (χ1v) is 6.48. The van der Waals surface area contributed by atoms with Gasteiger partial charge < -0.3 is 14.9 Å². The van der Waals surface area contributed by atoms with E-state index in [9.17, 15) is 0 Å². The minimum atomic E-state index is -0.0389. The Morgan fingerprint density at radius 1 is 1.39 bits per heavy atom. The van der Waals surface area contributed by atoms with Crippen LogP contribution in [0, 0.1) is 0 Å². The number of oxazole rings is 1. The van der Waals surface area contributed by atoms with Gasteiger partial charge in [-0.1, -0.05) is 12.1 Å². The molecule has 0 radical (unpaired) electrons. The first-order valence-electron chi connectivity index (χ1n) is 6.48. The molecule has 2 aromatic rings. The summed E-state index contributed by atoms with van der Waals surface area (Å²) in [4.78, 5) is 4.44. The SMILES string of the molecule is CC1CCC(C(N)Cc2nc3ccccc3o2)O1. The Kier molecular flexibility index (Phi) is 3.06. The summed E-state index contributed by atoms with van der Waals surface area (Å²) in [6.45, 7) is 2.09. The highest BCUT2D eigenvalue weighted by Crippen LogP contribution is 2.23. The van der Waals surface area contributed by atoms with Crippen LogP contribution in [0.15, 0.2) is 28.7 Å². The molecule has 4 nitrogen and oxygen atoms in total. The number of para-hydroxylation sites is 2. The normalized spacial score (nSPS) is 25.7. The number of rotatable bonds is 3. The van der Waals surface area contributed by atoms with Gasteiger partial charge in [-0.3, -0.25) is 0 Å². The third-order valence-corrected chi connectivity index (χ3v) is 3.49. The molecule has 1 aliphatic heterocycles. The van der Waals surface area contributed by atoms with Gasteiger partial charge in [-0.25, -0.2) is 4.98 Å². The Hall–Kier alpha value is -1.39. The van der Waals surface area contributed by atoms with Crippen LogP contribution in [0.3, 0.4) is 0 Å². The molecule has 18 heavy (non-hydrogen) atoms. The third-order valence-electron chi connectivity index (χ3n) is 3.49. The zero-order chi connectivity index (χ0) is 12.5. The summed E-state index contributed by atoms with van der Waals surface area (Å²) in [5.41, 5.74) is 7.88. The number of benzene rings is 1. The van der Waals surface area contributed by atoms with Gasteiger partial charge in [-0.05, 0) is 31.9 Å². The van der Waals surface area contributed by atoms with Crippen LogP contribution in [0.2, 0.25) is 0 Å². The van der Waals surface area contributed by atoms with E-state index in [1.807, 2.05) is 24.3 Å². The highest BCUT2D eigenvalue weighted by atomic mass is 16.5. The van der Waals surface area contributed by atoms with Gasteiger partial charge in [-0.2, -0.15) is 0 Å². The quantitative estimate of drug-likeness (QED) is 0.902. The molecule has 0 amide bonds. The number of hydrogen-bond donors (Lipinski definition) is 1. The molecule has 0 aliphatic carbocycles. The Morgan fingerprint density at radius 3 is 2.94 bits per heavy atom. The smallest absolute Gasteiger partial charge is 0.197 e. The molecule has 0 bridgehead atoms. The highest BCUT2D eigenvalue weighted by molar-refractivity contribution is 5.72. The predicted molar refractivity (Wildman–Crippen MR) is 69.3 cm³/mol. The molecule has 96 valence electrons. The van der Waals surface area contributed by atoms with E-state index in [-0.39, 0.29) is 12.1 Å². The highest BCUT2D eigenvalue weighted by Gasteiger charge is 2.28. The molecule has 1 aromatic heterocycles. The molecule has 1 saturated heterocycles. The summed E-state index contributed by atoms with van der Waals surface area (Å²) in [6, 6.07) is 7.73. The fourth-order valence-corrected chi connectivity index (χ4v) is 2.49. The Bertz CT molecular complexity index is 504. The van der Waals surface area contributed by atoms with Crippen LogP contribution >= 0.6 is 0 Å². The van der Waals surface area contributed by atoms with Crippen LogP contribution in [0.4, 0.5) is 0 Å². The van der Waals surface area contributed by atoms with Crippen molar-refractivity contribution in [1.82, 2.24) is 4.98 Å². The molecular formula is C14H18N2O2. The number of nitrogens with two attached hydrogens (primary N) is 1. The van der Waals surface area contributed by atoms with E-state index in [2.05, 4.69) is 11.9 Å². The monoisotopic (exact) mass is 246 g/mol. The van der Waals surface area contributed by atoms with E-state index < -0.39 is 0 Å². The molecule has 2 heterocycles. The summed E-state index contributed by atoms with van der Waals surface area (Å²) >= 11 is 0. The van der Waals surface area contributed by atoms with Gasteiger partial charge in [0.1, 0.15) is 5.52 Å². The largest absolute Gasteiger partial charge is 0.441 e. The van der Waals surface area contributed by atoms with Crippen molar-refractivity contribution in [1.29, 1.82) is 0 Å². The van der Waals surface area contributed by atoms with Crippen LogP contribution in [0.5, 0.6) is 0 Å². The Balaban J connectivity index is 1.71. The molecule has 1 aromatic carbocycles. The minimum absolute atomic E-state index is 0.0389. The topological polar surface area (TPSA) is 61.3 Å². The van der Waals surface area contributed by atoms with Gasteiger partial charge in [0.05, 0.1) is 12.2 Å². The molecule has 3 atom stereocenters. The van der Waals surface area contributed by atoms with Crippen molar-refractivity contribution < 1.29 is 9.15 Å². The summed E-state index contributed by atoms with van der Waals surface area (Å²) in [7, 11) is 0. The summed E-state index contributed by atoms with van der Waals surface area (Å²) in [5.74, 6) is 0.701. The second-order valence-corrected chi connectivity index (χ2v) is 5.01. The van der Waals surface area contributed by atoms with Gasteiger partial charge in [0.25, 0.3) is 0 Å². The molecule has 4 heteroatoms. The first-order chi connectivity index (χ1) is 8.72. The summed E-state index contributed by atoms with van der Waals surface area (Å²) in [5, 5.41) is 0. The number of ether oxygens (including phenoxy) is 1. The van der Waals surface area contributed by atoms with E-state index in [1.165, 1.54) is 0 Å². The standard InChI is InChI=1S/C14H18N2O2/c1-9-6-7-12(17-9)10(15)8-14-16-11-4-2-3-5-13(11)18-14/h2-5,9-10,12H,6-8,15H2,1H3. The van der Waals surface area contributed by atoms with E-state index >= 15 is 0 Å². The van der Waals surface area contributed by atoms with E-state index in [4.69, 9.17) is 14.9 Å². The van der Waals surface area contributed by atoms with Gasteiger partial charge in [-0.15, -0.1) is 0 Å². The average Bonchev–Trinajstić information content (AvgIpc) is 2.94. The lowest BCUT2D eigenvalue weighted by Crippen LogP contribution is -2.36. The lowest BCUT2D eigenvalue weighted by atomic mass is 10.1. The van der Waals surface area contributed by atoms with Crippen LogP contribution in [0.25, 0.3) is 11.1 Å². The van der Waals surface area contributed by atoms with Crippen molar-refractivity contribution >= 4 is 11.1 Å². The maximum atomic E-state index is 6.17. The van der Waals surface area contributed by atoms with E-state index in [0.29, 0.717) is 18.4 Å². The number of fused-ring (bicyclic) bond motifs is 1. The molecule has 2 N–H and O–H groups in total. The maximum Gasteiger partial charge on any atom is 0.197 e. The molecular weight excluding hydrogens is 228 g/mol. The van der Waals surface area contributed by atoms with Crippen LogP contribution in [-0.2, 0) is 11.2 Å². The van der Waals surface area contributed by atoms with Crippen LogP contribution in [-0.4, -0.2) is 23.2 Å². The molecule has 1 fully saturated rings. The molecule has 0 saturated carbocycles. The Morgan fingerprint density at radius 2 is 2.22 bits per heavy atom. The van der Waals surface area contributed by atoms with Crippen LogP contribution < -0.4 is 5.73 Å². The second kappa shape index (κ2) is 4.71. The predicted octanol–water partition coefficient (Wildman–Crippen LogP) is 2.27. The van der Waals surface area contributed by atoms with E-state index in [1.54, 1.807) is 0 Å². The lowest BCUT2D eigenvalue weighted by Gasteiger charge is -2.17. The molecule has 3 unspecified atom stereocenters. The summed E-state index contributed by atoms with van der Waals surface area (Å²) in [6.07, 6.45) is 3.21. The minimum Gasteiger partial charge on any atom is -0.441 e. The van der Waals surface area contributed by atoms with Gasteiger partial charge in [0.15, 0.2) is 11.5 Å². The fourth-order valence-electron chi connectivity index (χ4n) is 2.49. The lowest BCUT2D eigenvalue weighted by molar-refractivity contribution is 0.0393. The van der Waals surface area contributed by atoms with Gasteiger partial charge >= 0.3 is 0 Å². The van der Waals surface area contributed by atoms with Crippen molar-refractivity contribution in [3.8, 4) is 0 Å². The van der Waals surface area contributed by atoms with E-state index in [0.717, 1.165) is 23.9 Å². The number of nitrogens with zero attached hydrogens (tertiary/aromatic N) is 1. The number of aromatic nitrogens is 1. The molecule has 3 rings (SSSR count). The second-order valence-electron chi connectivity index (χ2n) is 5.01. The van der Waals surface area contributed by atoms with Crippen molar-refractivity contribution in [2.75, 3.05) is 0 Å². The Labute approximate surface area is 106 Å².